The van der Waals surface area contributed by atoms with Gasteiger partial charge in [-0.15, -0.1) is 0 Å². The number of halogens is 1. The first kappa shape index (κ1) is 9.43. The van der Waals surface area contributed by atoms with Crippen LogP contribution in [0.2, 0.25) is 5.15 Å². The molecule has 4 nitrogen and oxygen atoms in total. The smallest absolute Gasteiger partial charge is 0.179 e. The van der Waals surface area contributed by atoms with E-state index in [0.717, 1.165) is 16.6 Å². The van der Waals surface area contributed by atoms with E-state index in [2.05, 4.69) is 15.0 Å². The molecule has 0 aliphatic rings. The van der Waals surface area contributed by atoms with Crippen molar-refractivity contribution in [3.63, 3.8) is 0 Å². The first-order chi connectivity index (χ1) is 6.63. The summed E-state index contributed by atoms with van der Waals surface area (Å²) in [5, 5.41) is 9.38. The van der Waals surface area contributed by atoms with E-state index >= 15 is 0 Å². The summed E-state index contributed by atoms with van der Waals surface area (Å²) in [7, 11) is 0. The van der Waals surface area contributed by atoms with E-state index in [1.54, 1.807) is 0 Å². The lowest BCUT2D eigenvalue weighted by molar-refractivity contribution is 0.273. The van der Waals surface area contributed by atoms with E-state index in [-0.39, 0.29) is 6.61 Å². The van der Waals surface area contributed by atoms with Crippen LogP contribution in [0.5, 0.6) is 0 Å². The molecule has 74 valence electrons. The molecule has 0 saturated carbocycles. The molecule has 2 N–H and O–H groups in total. The molecule has 14 heavy (non-hydrogen) atoms. The van der Waals surface area contributed by atoms with Crippen LogP contribution in [0.15, 0.2) is 0 Å². The highest BCUT2D eigenvalue weighted by atomic mass is 35.5. The monoisotopic (exact) mass is 211 g/mol. The molecule has 0 radical (unpaired) electrons. The molecule has 0 atom stereocenters. The summed E-state index contributed by atoms with van der Waals surface area (Å²) in [6.45, 7) is 3.74. The fraction of sp³-hybridized carbons (Fsp3) is 0.333. The second-order valence-corrected chi connectivity index (χ2v) is 3.55. The zero-order valence-electron chi connectivity index (χ0n) is 7.93. The Kier molecular flexibility index (Phi) is 2.17. The molecule has 0 aliphatic carbocycles. The average Bonchev–Trinajstić information content (AvgIpc) is 2.57. The number of aliphatic hydroxyl groups is 1. The van der Waals surface area contributed by atoms with Gasteiger partial charge in [0.2, 0.25) is 0 Å². The van der Waals surface area contributed by atoms with E-state index in [9.17, 15) is 0 Å². The number of imidazole rings is 1. The lowest BCUT2D eigenvalue weighted by Gasteiger charge is -2.01. The number of hydrogen-bond donors (Lipinski definition) is 2. The molecule has 5 heteroatoms. The number of aromatic nitrogens is 3. The van der Waals surface area contributed by atoms with Crippen molar-refractivity contribution in [2.24, 2.45) is 0 Å². The van der Waals surface area contributed by atoms with Gasteiger partial charge < -0.3 is 10.1 Å². The summed E-state index contributed by atoms with van der Waals surface area (Å²) >= 11 is 5.92. The van der Waals surface area contributed by atoms with Crippen molar-refractivity contribution in [1.82, 2.24) is 15.0 Å². The van der Waals surface area contributed by atoms with E-state index in [4.69, 9.17) is 16.7 Å². The number of rotatable bonds is 1. The molecule has 0 bridgehead atoms. The second kappa shape index (κ2) is 3.22. The Morgan fingerprint density at radius 3 is 2.64 bits per heavy atom. The summed E-state index contributed by atoms with van der Waals surface area (Å²) in [6.07, 6.45) is 0. The number of nitrogens with one attached hydrogen (secondary N) is 1. The van der Waals surface area contributed by atoms with Crippen molar-refractivity contribution >= 4 is 22.8 Å². The zero-order valence-corrected chi connectivity index (χ0v) is 8.68. The Balaban J connectivity index is 2.81. The van der Waals surface area contributed by atoms with Gasteiger partial charge in [0.25, 0.3) is 0 Å². The highest BCUT2D eigenvalue weighted by Crippen LogP contribution is 2.23. The molecule has 0 saturated heterocycles. The van der Waals surface area contributed by atoms with Crippen LogP contribution in [-0.4, -0.2) is 20.1 Å². The Hall–Kier alpha value is -1.13. The second-order valence-electron chi connectivity index (χ2n) is 3.19. The standard InChI is InChI=1S/C9H10ClN3O/c1-4-5(2)8(10)13-9-7(4)11-6(3-14)12-9/h14H,3H2,1-2H3,(H,11,12,13). The Morgan fingerprint density at radius 2 is 2.00 bits per heavy atom. The lowest BCUT2D eigenvalue weighted by Crippen LogP contribution is -1.89. The predicted molar refractivity (Wildman–Crippen MR) is 54.3 cm³/mol. The van der Waals surface area contributed by atoms with Crippen LogP contribution in [0.1, 0.15) is 17.0 Å². The Bertz CT molecular complexity index is 492. The largest absolute Gasteiger partial charge is 0.388 e. The minimum Gasteiger partial charge on any atom is -0.388 e. The summed E-state index contributed by atoms with van der Waals surface area (Å²) in [5.41, 5.74) is 3.36. The molecule has 0 aliphatic heterocycles. The van der Waals surface area contributed by atoms with Gasteiger partial charge in [-0.05, 0) is 25.0 Å². The van der Waals surface area contributed by atoms with E-state index in [1.807, 2.05) is 13.8 Å². The normalized spacial score (nSPS) is 11.1. The maximum atomic E-state index is 8.91. The highest BCUT2D eigenvalue weighted by molar-refractivity contribution is 6.30. The van der Waals surface area contributed by atoms with Crippen molar-refractivity contribution in [3.8, 4) is 0 Å². The van der Waals surface area contributed by atoms with Crippen LogP contribution in [0, 0.1) is 13.8 Å². The molecule has 0 spiro atoms. The number of hydrogen-bond acceptors (Lipinski definition) is 3. The average molecular weight is 212 g/mol. The Morgan fingerprint density at radius 1 is 1.29 bits per heavy atom. The fourth-order valence-electron chi connectivity index (χ4n) is 1.35. The van der Waals surface area contributed by atoms with E-state index in [0.29, 0.717) is 16.6 Å². The fourth-order valence-corrected chi connectivity index (χ4v) is 1.57. The van der Waals surface area contributed by atoms with Gasteiger partial charge in [-0.25, -0.2) is 9.97 Å². The number of nitrogens with zero attached hydrogens (tertiary/aromatic N) is 2. The summed E-state index contributed by atoms with van der Waals surface area (Å²) in [4.78, 5) is 11.2. The van der Waals surface area contributed by atoms with Gasteiger partial charge >= 0.3 is 0 Å². The maximum absolute atomic E-state index is 8.91. The number of pyridine rings is 1. The van der Waals surface area contributed by atoms with E-state index < -0.39 is 0 Å². The van der Waals surface area contributed by atoms with Gasteiger partial charge in [0, 0.05) is 0 Å². The number of aromatic amines is 1. The minimum atomic E-state index is -0.119. The van der Waals surface area contributed by atoms with E-state index in [1.165, 1.54) is 0 Å². The van der Waals surface area contributed by atoms with Crippen molar-refractivity contribution in [3.05, 3.63) is 22.1 Å². The molecule has 0 amide bonds. The molecular weight excluding hydrogens is 202 g/mol. The van der Waals surface area contributed by atoms with Crippen molar-refractivity contribution in [1.29, 1.82) is 0 Å². The number of aryl methyl sites for hydroxylation is 1. The molecule has 2 aromatic rings. The maximum Gasteiger partial charge on any atom is 0.179 e. The molecule has 2 heterocycles. The van der Waals surface area contributed by atoms with Gasteiger partial charge in [-0.2, -0.15) is 0 Å². The van der Waals surface area contributed by atoms with Crippen LogP contribution in [0.25, 0.3) is 11.2 Å². The summed E-state index contributed by atoms with van der Waals surface area (Å²) in [5.74, 6) is 0.511. The van der Waals surface area contributed by atoms with Crippen molar-refractivity contribution in [2.75, 3.05) is 0 Å². The van der Waals surface area contributed by atoms with Gasteiger partial charge in [0.05, 0.1) is 5.52 Å². The zero-order chi connectivity index (χ0) is 10.3. The summed E-state index contributed by atoms with van der Waals surface area (Å²) < 4.78 is 0. The molecular formula is C9H10ClN3O. The first-order valence-electron chi connectivity index (χ1n) is 4.25. The number of H-pyrrole nitrogens is 1. The van der Waals surface area contributed by atoms with Crippen LogP contribution < -0.4 is 0 Å². The third-order valence-electron chi connectivity index (χ3n) is 2.33. The highest BCUT2D eigenvalue weighted by Gasteiger charge is 2.10. The number of fused-ring (bicyclic) bond motifs is 1. The van der Waals surface area contributed by atoms with Crippen LogP contribution in [0.4, 0.5) is 0 Å². The topological polar surface area (TPSA) is 61.8 Å². The molecule has 0 aromatic carbocycles. The van der Waals surface area contributed by atoms with Gasteiger partial charge in [0.1, 0.15) is 17.6 Å². The van der Waals surface area contributed by atoms with Gasteiger partial charge in [0.15, 0.2) is 5.65 Å². The summed E-state index contributed by atoms with van der Waals surface area (Å²) in [6, 6.07) is 0. The quantitative estimate of drug-likeness (QED) is 0.706. The molecule has 2 rings (SSSR count). The van der Waals surface area contributed by atoms with Crippen molar-refractivity contribution in [2.45, 2.75) is 20.5 Å². The predicted octanol–water partition coefficient (Wildman–Crippen LogP) is 1.72. The van der Waals surface area contributed by atoms with Crippen LogP contribution in [-0.2, 0) is 6.61 Å². The van der Waals surface area contributed by atoms with Crippen molar-refractivity contribution < 1.29 is 5.11 Å². The van der Waals surface area contributed by atoms with Crippen LogP contribution in [0.3, 0.4) is 0 Å². The van der Waals surface area contributed by atoms with Crippen LogP contribution >= 0.6 is 11.6 Å². The third kappa shape index (κ3) is 1.27. The SMILES string of the molecule is Cc1c(Cl)nc2nc(CO)[nH]c2c1C. The van der Waals surface area contributed by atoms with Gasteiger partial charge in [-0.3, -0.25) is 0 Å². The molecule has 0 fully saturated rings. The third-order valence-corrected chi connectivity index (χ3v) is 2.70. The minimum absolute atomic E-state index is 0.119. The van der Waals surface area contributed by atoms with Gasteiger partial charge in [-0.1, -0.05) is 11.6 Å². The first-order valence-corrected chi connectivity index (χ1v) is 4.63. The molecule has 0 unspecified atom stereocenters. The lowest BCUT2D eigenvalue weighted by atomic mass is 10.2. The number of aliphatic hydroxyl groups excluding tert-OH is 1. The Labute approximate surface area is 86.0 Å². The molecule has 2 aromatic heterocycles.